The molecule has 0 aromatic rings. The molecule has 0 bridgehead atoms. The third kappa shape index (κ3) is 1.68. The van der Waals surface area contributed by atoms with Crippen molar-refractivity contribution in [2.45, 2.75) is 24.3 Å². The summed E-state index contributed by atoms with van der Waals surface area (Å²) in [5, 5.41) is -0.864. The molecule has 1 aliphatic rings. The maximum absolute atomic E-state index is 3.73. The van der Waals surface area contributed by atoms with Crippen molar-refractivity contribution in [3.05, 3.63) is 0 Å². The maximum atomic E-state index is 3.73. The van der Waals surface area contributed by atoms with Gasteiger partial charge in [0.05, 0.1) is 0 Å². The van der Waals surface area contributed by atoms with Crippen LogP contribution < -0.4 is 0 Å². The molecule has 0 N–H and O–H groups in total. The molecule has 1 heterocycles. The molecule has 0 aliphatic carbocycles. The highest BCUT2D eigenvalue weighted by Crippen LogP contribution is 2.42. The first kappa shape index (κ1) is 7.50. The third-order valence-electron chi connectivity index (χ3n) is 1.52. The van der Waals surface area contributed by atoms with Crippen LogP contribution in [0, 0.1) is 0 Å². The zero-order valence-corrected chi connectivity index (χ0v) is 10.0. The van der Waals surface area contributed by atoms with Gasteiger partial charge < -0.3 is 0 Å². The molecule has 1 radical (unpaired) electrons. The number of hydrogen-bond acceptors (Lipinski definition) is 0. The molecule has 1 fully saturated rings. The van der Waals surface area contributed by atoms with E-state index in [1.165, 1.54) is 17.4 Å². The second kappa shape index (κ2) is 2.56. The molecule has 4 heteroatoms. The minimum atomic E-state index is -0.864. The molecule has 0 amide bonds. The number of hydrogen-bond donors (Lipinski definition) is 0. The summed E-state index contributed by atoms with van der Waals surface area (Å²) < 4.78 is 0. The summed E-state index contributed by atoms with van der Waals surface area (Å²) in [6.45, 7) is 2.32. The van der Waals surface area contributed by atoms with Crippen LogP contribution in [0.15, 0.2) is 0 Å². The standard InChI is InChI=1S/C4H9Br2Si2/c1-2-7-3-8(5,6)4-7/h2-4H2,1H3. The smallest absolute Gasteiger partial charge is 0.112 e. The zero-order chi connectivity index (χ0) is 6.20. The van der Waals surface area contributed by atoms with E-state index in [2.05, 4.69) is 37.5 Å². The Balaban J connectivity index is 2.21. The van der Waals surface area contributed by atoms with Gasteiger partial charge in [-0.25, -0.2) is 0 Å². The number of rotatable bonds is 1. The van der Waals surface area contributed by atoms with E-state index < -0.39 is 5.31 Å². The Labute approximate surface area is 68.8 Å². The Kier molecular flexibility index (Phi) is 2.40. The van der Waals surface area contributed by atoms with Crippen LogP contribution >= 0.6 is 30.6 Å². The Hall–Kier alpha value is 1.39. The van der Waals surface area contributed by atoms with E-state index in [1.807, 2.05) is 0 Å². The molecule has 0 saturated carbocycles. The summed E-state index contributed by atoms with van der Waals surface area (Å²) in [6, 6.07) is 1.47. The lowest BCUT2D eigenvalue weighted by Crippen LogP contribution is -2.43. The molecular weight excluding hydrogens is 264 g/mol. The van der Waals surface area contributed by atoms with Crippen LogP contribution in [0.1, 0.15) is 6.92 Å². The predicted molar refractivity (Wildman–Crippen MR) is 49.5 cm³/mol. The SMILES string of the molecule is CC[Si]1C[Si](Br)(Br)C1. The maximum Gasteiger partial charge on any atom is 0.195 e. The normalized spacial score (nSPS) is 27.4. The second-order valence-electron chi connectivity index (χ2n) is 2.31. The van der Waals surface area contributed by atoms with Crippen LogP contribution in [0.25, 0.3) is 0 Å². The van der Waals surface area contributed by atoms with E-state index in [4.69, 9.17) is 0 Å². The van der Waals surface area contributed by atoms with E-state index in [0.717, 1.165) is 0 Å². The lowest BCUT2D eigenvalue weighted by Gasteiger charge is -2.34. The third-order valence-corrected chi connectivity index (χ3v) is 20.7. The highest BCUT2D eigenvalue weighted by Gasteiger charge is 2.42. The fourth-order valence-corrected chi connectivity index (χ4v) is 22.6. The summed E-state index contributed by atoms with van der Waals surface area (Å²) in [7, 11) is 0.174. The Morgan fingerprint density at radius 2 is 2.00 bits per heavy atom. The summed E-state index contributed by atoms with van der Waals surface area (Å²) in [4.78, 5) is 0. The molecule has 0 spiro atoms. The van der Waals surface area contributed by atoms with Gasteiger partial charge in [0.15, 0.2) is 5.31 Å². The molecule has 0 aromatic heterocycles. The molecule has 1 rings (SSSR count). The van der Waals surface area contributed by atoms with Crippen molar-refractivity contribution in [2.24, 2.45) is 0 Å². The first-order chi connectivity index (χ1) is 3.64. The molecule has 8 heavy (non-hydrogen) atoms. The van der Waals surface area contributed by atoms with E-state index in [-0.39, 0.29) is 8.80 Å². The van der Waals surface area contributed by atoms with Crippen molar-refractivity contribution < 1.29 is 0 Å². The van der Waals surface area contributed by atoms with Gasteiger partial charge in [0, 0.05) is 8.80 Å². The van der Waals surface area contributed by atoms with Crippen LogP contribution in [0.4, 0.5) is 0 Å². The molecular formula is C4H9Br2Si2. The van der Waals surface area contributed by atoms with Crippen molar-refractivity contribution in [1.29, 1.82) is 0 Å². The average molecular weight is 273 g/mol. The fraction of sp³-hybridized carbons (Fsp3) is 1.00. The van der Waals surface area contributed by atoms with Gasteiger partial charge in [-0.2, -0.15) is 0 Å². The summed E-state index contributed by atoms with van der Waals surface area (Å²) in [5.74, 6) is 0. The zero-order valence-electron chi connectivity index (χ0n) is 4.88. The summed E-state index contributed by atoms with van der Waals surface area (Å²) >= 11 is 7.45. The first-order valence-electron chi connectivity index (χ1n) is 2.85. The van der Waals surface area contributed by atoms with Crippen LogP contribution in [0.2, 0.25) is 17.4 Å². The molecule has 0 aromatic carbocycles. The Morgan fingerprint density at radius 1 is 1.50 bits per heavy atom. The molecule has 47 valence electrons. The largest absolute Gasteiger partial charge is 0.195 e. The van der Waals surface area contributed by atoms with E-state index >= 15 is 0 Å². The van der Waals surface area contributed by atoms with Gasteiger partial charge in [-0.3, -0.25) is 0 Å². The summed E-state index contributed by atoms with van der Waals surface area (Å²) in [6.07, 6.45) is 0. The minimum Gasteiger partial charge on any atom is -0.112 e. The van der Waals surface area contributed by atoms with Gasteiger partial charge in [0.25, 0.3) is 0 Å². The Bertz CT molecular complexity index is 86.0. The first-order valence-corrected chi connectivity index (χ1v) is 11.9. The quantitative estimate of drug-likeness (QED) is 0.509. The van der Waals surface area contributed by atoms with Gasteiger partial charge >= 0.3 is 0 Å². The van der Waals surface area contributed by atoms with Crippen molar-refractivity contribution in [3.63, 3.8) is 0 Å². The van der Waals surface area contributed by atoms with E-state index in [0.29, 0.717) is 0 Å². The van der Waals surface area contributed by atoms with Crippen LogP contribution in [-0.4, -0.2) is 14.1 Å². The minimum absolute atomic E-state index is 0.174. The Morgan fingerprint density at radius 3 is 2.12 bits per heavy atom. The molecule has 0 atom stereocenters. The monoisotopic (exact) mass is 271 g/mol. The van der Waals surface area contributed by atoms with Crippen molar-refractivity contribution in [2.75, 3.05) is 0 Å². The van der Waals surface area contributed by atoms with Crippen LogP contribution in [0.3, 0.4) is 0 Å². The van der Waals surface area contributed by atoms with Crippen molar-refractivity contribution in [1.82, 2.24) is 0 Å². The summed E-state index contributed by atoms with van der Waals surface area (Å²) in [5.41, 5.74) is 3.07. The van der Waals surface area contributed by atoms with Crippen LogP contribution in [0.5, 0.6) is 0 Å². The highest BCUT2D eigenvalue weighted by molar-refractivity contribution is 9.51. The highest BCUT2D eigenvalue weighted by atomic mass is 79.9. The van der Waals surface area contributed by atoms with E-state index in [9.17, 15) is 0 Å². The molecule has 0 unspecified atom stereocenters. The van der Waals surface area contributed by atoms with Gasteiger partial charge in [0.2, 0.25) is 0 Å². The van der Waals surface area contributed by atoms with E-state index in [1.54, 1.807) is 0 Å². The van der Waals surface area contributed by atoms with Crippen LogP contribution in [-0.2, 0) is 0 Å². The predicted octanol–water partition coefficient (Wildman–Crippen LogP) is 2.83. The van der Waals surface area contributed by atoms with Gasteiger partial charge in [0.1, 0.15) is 0 Å². The van der Waals surface area contributed by atoms with Gasteiger partial charge in [-0.1, -0.05) is 13.0 Å². The van der Waals surface area contributed by atoms with Crippen molar-refractivity contribution >= 4 is 44.7 Å². The average Bonchev–Trinajstić information content (AvgIpc) is 1.60. The topological polar surface area (TPSA) is 0 Å². The lowest BCUT2D eigenvalue weighted by atomic mass is 11.0. The molecule has 0 nitrogen and oxygen atoms in total. The van der Waals surface area contributed by atoms with Gasteiger partial charge in [-0.15, -0.1) is 30.6 Å². The lowest BCUT2D eigenvalue weighted by molar-refractivity contribution is 1.35. The van der Waals surface area contributed by atoms with Gasteiger partial charge in [-0.05, 0) is 11.3 Å². The van der Waals surface area contributed by atoms with Crippen molar-refractivity contribution in [3.8, 4) is 0 Å². The number of halogens is 2. The second-order valence-corrected chi connectivity index (χ2v) is 21.4. The molecule has 1 aliphatic heterocycles. The fourth-order valence-electron chi connectivity index (χ4n) is 0.930. The molecule has 1 saturated heterocycles.